The van der Waals surface area contributed by atoms with Crippen molar-refractivity contribution in [1.29, 1.82) is 0 Å². The Morgan fingerprint density at radius 3 is 2.48 bits per heavy atom. The van der Waals surface area contributed by atoms with E-state index in [1.165, 1.54) is 27.6 Å². The maximum atomic E-state index is 2.63. The second-order valence-electron chi connectivity index (χ2n) is 7.70. The van der Waals surface area contributed by atoms with E-state index < -0.39 is 0 Å². The molecular formula is C23H28N2. The van der Waals surface area contributed by atoms with Crippen LogP contribution in [0.4, 0.5) is 0 Å². The summed E-state index contributed by atoms with van der Waals surface area (Å²) in [5.41, 5.74) is 8.82. The van der Waals surface area contributed by atoms with Crippen LogP contribution >= 0.6 is 0 Å². The number of aromatic nitrogens is 1. The molecule has 0 fully saturated rings. The molecule has 1 atom stereocenters. The number of benzene rings is 2. The number of hydrogen-bond acceptors (Lipinski definition) is 1. The smallest absolute Gasteiger partial charge is 0.0518 e. The summed E-state index contributed by atoms with van der Waals surface area (Å²) in [5, 5.41) is 1.50. The second kappa shape index (κ2) is 6.34. The summed E-state index contributed by atoms with van der Waals surface area (Å²) in [4.78, 5) is 2.49. The van der Waals surface area contributed by atoms with Gasteiger partial charge < -0.3 is 4.57 Å². The lowest BCUT2D eigenvalue weighted by atomic mass is 9.97. The molecule has 0 aliphatic carbocycles. The standard InChI is InChI=1S/C23H28N2/c1-16-10-11-17(2)23-22(16)20-15-24(4)18(3)14-21(20)25(23)13-12-19-8-6-5-7-9-19/h5-11,18H,12-15H2,1-4H3. The third-order valence-electron chi connectivity index (χ3n) is 5.95. The first-order chi connectivity index (χ1) is 12.1. The van der Waals surface area contributed by atoms with E-state index in [9.17, 15) is 0 Å². The van der Waals surface area contributed by atoms with Crippen molar-refractivity contribution in [2.45, 2.75) is 52.7 Å². The quantitative estimate of drug-likeness (QED) is 0.664. The first kappa shape index (κ1) is 16.4. The molecule has 0 N–H and O–H groups in total. The molecule has 0 radical (unpaired) electrons. The minimum atomic E-state index is 0.605. The Bertz CT molecular complexity index is 905. The predicted octanol–water partition coefficient (Wildman–Crippen LogP) is 4.88. The van der Waals surface area contributed by atoms with E-state index in [0.29, 0.717) is 6.04 Å². The monoisotopic (exact) mass is 332 g/mol. The van der Waals surface area contributed by atoms with Gasteiger partial charge in [-0.1, -0.05) is 42.5 Å². The normalized spacial score (nSPS) is 17.8. The van der Waals surface area contributed by atoms with Crippen molar-refractivity contribution in [3.05, 3.63) is 70.4 Å². The van der Waals surface area contributed by atoms with Gasteiger partial charge in [0.25, 0.3) is 0 Å². The summed E-state index contributed by atoms with van der Waals surface area (Å²) in [7, 11) is 2.26. The van der Waals surface area contributed by atoms with Gasteiger partial charge in [0, 0.05) is 36.6 Å². The van der Waals surface area contributed by atoms with Crippen molar-refractivity contribution >= 4 is 10.9 Å². The number of hydrogen-bond donors (Lipinski definition) is 0. The Kier molecular flexibility index (Phi) is 4.16. The molecule has 0 spiro atoms. The molecule has 2 heterocycles. The van der Waals surface area contributed by atoms with Crippen LogP contribution in [0.2, 0.25) is 0 Å². The first-order valence-corrected chi connectivity index (χ1v) is 9.40. The van der Waals surface area contributed by atoms with Gasteiger partial charge in [-0.25, -0.2) is 0 Å². The highest BCUT2D eigenvalue weighted by Crippen LogP contribution is 2.36. The summed E-state index contributed by atoms with van der Waals surface area (Å²) >= 11 is 0. The molecule has 0 saturated carbocycles. The molecule has 25 heavy (non-hydrogen) atoms. The zero-order valence-electron chi connectivity index (χ0n) is 15.8. The number of aryl methyl sites for hydroxylation is 4. The average molecular weight is 332 g/mol. The van der Waals surface area contributed by atoms with Gasteiger partial charge in [-0.2, -0.15) is 0 Å². The molecule has 0 bridgehead atoms. The van der Waals surface area contributed by atoms with Crippen LogP contribution < -0.4 is 0 Å². The van der Waals surface area contributed by atoms with E-state index in [1.807, 2.05) is 0 Å². The fourth-order valence-electron chi connectivity index (χ4n) is 4.34. The van der Waals surface area contributed by atoms with E-state index in [-0.39, 0.29) is 0 Å². The maximum Gasteiger partial charge on any atom is 0.0518 e. The van der Waals surface area contributed by atoms with Crippen molar-refractivity contribution in [2.24, 2.45) is 0 Å². The van der Waals surface area contributed by atoms with Crippen LogP contribution in [0.25, 0.3) is 10.9 Å². The third-order valence-corrected chi connectivity index (χ3v) is 5.95. The topological polar surface area (TPSA) is 8.17 Å². The summed E-state index contributed by atoms with van der Waals surface area (Å²) in [6.45, 7) is 9.01. The third kappa shape index (κ3) is 2.79. The lowest BCUT2D eigenvalue weighted by molar-refractivity contribution is 0.228. The fourth-order valence-corrected chi connectivity index (χ4v) is 4.34. The molecule has 1 aliphatic rings. The van der Waals surface area contributed by atoms with Crippen molar-refractivity contribution < 1.29 is 0 Å². The first-order valence-electron chi connectivity index (χ1n) is 9.40. The predicted molar refractivity (Wildman–Crippen MR) is 106 cm³/mol. The summed E-state index contributed by atoms with van der Waals surface area (Å²) < 4.78 is 2.63. The SMILES string of the molecule is Cc1ccc(C)c2c1c1c(n2CCc2ccccc2)CC(C)N(C)C1. The van der Waals surface area contributed by atoms with Gasteiger partial charge in [-0.15, -0.1) is 0 Å². The van der Waals surface area contributed by atoms with Crippen molar-refractivity contribution in [1.82, 2.24) is 9.47 Å². The Morgan fingerprint density at radius 1 is 1.00 bits per heavy atom. The van der Waals surface area contributed by atoms with Crippen LogP contribution in [0, 0.1) is 13.8 Å². The van der Waals surface area contributed by atoms with Gasteiger partial charge in [-0.05, 0) is 56.5 Å². The summed E-state index contributed by atoms with van der Waals surface area (Å²) in [5.74, 6) is 0. The largest absolute Gasteiger partial charge is 0.344 e. The zero-order valence-corrected chi connectivity index (χ0v) is 15.8. The number of rotatable bonds is 3. The highest BCUT2D eigenvalue weighted by Gasteiger charge is 2.27. The molecule has 0 saturated heterocycles. The molecule has 2 heteroatoms. The summed E-state index contributed by atoms with van der Waals surface area (Å²) in [6, 6.07) is 16.1. The van der Waals surface area contributed by atoms with E-state index in [1.54, 1.807) is 11.3 Å². The van der Waals surface area contributed by atoms with Gasteiger partial charge in [0.2, 0.25) is 0 Å². The van der Waals surface area contributed by atoms with Gasteiger partial charge in [0.1, 0.15) is 0 Å². The Balaban J connectivity index is 1.85. The number of likely N-dealkylation sites (N-methyl/N-ethyl adjacent to an activating group) is 1. The molecule has 4 rings (SSSR count). The van der Waals surface area contributed by atoms with Crippen LogP contribution in [0.15, 0.2) is 42.5 Å². The van der Waals surface area contributed by atoms with E-state index in [2.05, 4.69) is 79.8 Å². The van der Waals surface area contributed by atoms with Gasteiger partial charge >= 0.3 is 0 Å². The Labute approximate surface area is 151 Å². The van der Waals surface area contributed by atoms with Gasteiger partial charge in [0.15, 0.2) is 0 Å². The van der Waals surface area contributed by atoms with Crippen LogP contribution in [0.1, 0.15) is 34.9 Å². The summed E-state index contributed by atoms with van der Waals surface area (Å²) in [6.07, 6.45) is 2.24. The van der Waals surface area contributed by atoms with E-state index >= 15 is 0 Å². The lowest BCUT2D eigenvalue weighted by Crippen LogP contribution is -2.35. The van der Waals surface area contributed by atoms with Crippen molar-refractivity contribution in [3.8, 4) is 0 Å². The molecule has 2 nitrogen and oxygen atoms in total. The highest BCUT2D eigenvalue weighted by atomic mass is 15.1. The Hall–Kier alpha value is -2.06. The molecule has 1 aromatic heterocycles. The van der Waals surface area contributed by atoms with Crippen LogP contribution in [-0.2, 0) is 25.9 Å². The fraction of sp³-hybridized carbons (Fsp3) is 0.391. The van der Waals surface area contributed by atoms with Crippen LogP contribution in [-0.4, -0.2) is 22.6 Å². The zero-order chi connectivity index (χ0) is 17.6. The van der Waals surface area contributed by atoms with Crippen LogP contribution in [0.5, 0.6) is 0 Å². The number of nitrogens with zero attached hydrogens (tertiary/aromatic N) is 2. The molecular weight excluding hydrogens is 304 g/mol. The molecule has 2 aromatic carbocycles. The van der Waals surface area contributed by atoms with Gasteiger partial charge in [-0.3, -0.25) is 4.90 Å². The minimum absolute atomic E-state index is 0.605. The van der Waals surface area contributed by atoms with E-state index in [4.69, 9.17) is 0 Å². The number of fused-ring (bicyclic) bond motifs is 3. The van der Waals surface area contributed by atoms with Gasteiger partial charge in [0.05, 0.1) is 5.52 Å². The molecule has 130 valence electrons. The average Bonchev–Trinajstić information content (AvgIpc) is 2.92. The van der Waals surface area contributed by atoms with Crippen LogP contribution in [0.3, 0.4) is 0 Å². The lowest BCUT2D eigenvalue weighted by Gasteiger charge is -2.31. The molecule has 3 aromatic rings. The maximum absolute atomic E-state index is 2.63. The Morgan fingerprint density at radius 2 is 1.72 bits per heavy atom. The van der Waals surface area contributed by atoms with Crippen molar-refractivity contribution in [2.75, 3.05) is 7.05 Å². The minimum Gasteiger partial charge on any atom is -0.344 e. The second-order valence-corrected chi connectivity index (χ2v) is 7.70. The molecule has 1 aliphatic heterocycles. The molecule has 1 unspecified atom stereocenters. The van der Waals surface area contributed by atoms with Crippen molar-refractivity contribution in [3.63, 3.8) is 0 Å². The van der Waals surface area contributed by atoms with E-state index in [0.717, 1.165) is 25.9 Å². The molecule has 0 amide bonds. The highest BCUT2D eigenvalue weighted by molar-refractivity contribution is 5.91.